The van der Waals surface area contributed by atoms with E-state index in [1.165, 1.54) is 25.3 Å². The van der Waals surface area contributed by atoms with E-state index < -0.39 is 29.2 Å². The number of methoxy groups -OCH3 is 1. The normalized spacial score (nSPS) is 10.9. The molecule has 2 N–H and O–H groups in total. The quantitative estimate of drug-likeness (QED) is 0.802. The minimum absolute atomic E-state index is 0.145. The zero-order chi connectivity index (χ0) is 18.6. The van der Waals surface area contributed by atoms with E-state index in [1.807, 2.05) is 5.32 Å². The van der Waals surface area contributed by atoms with Crippen LogP contribution in [-0.2, 0) is 15.8 Å². The Labute approximate surface area is 145 Å². The van der Waals surface area contributed by atoms with Gasteiger partial charge < -0.3 is 15.4 Å². The van der Waals surface area contributed by atoms with Crippen LogP contribution in [0.15, 0.2) is 42.5 Å². The van der Waals surface area contributed by atoms with Crippen molar-refractivity contribution in [3.63, 3.8) is 0 Å². The first-order valence-electron chi connectivity index (χ1n) is 6.84. The molecule has 0 unspecified atom stereocenters. The van der Waals surface area contributed by atoms with Gasteiger partial charge in [-0.05, 0) is 42.5 Å². The molecule has 0 saturated heterocycles. The SMILES string of the molecule is COc1ccc(NC(=O)C(=O)Nc2ccc(Cl)cc2C(F)(F)F)cc1. The van der Waals surface area contributed by atoms with E-state index in [9.17, 15) is 22.8 Å². The number of nitrogens with one attached hydrogen (secondary N) is 2. The highest BCUT2D eigenvalue weighted by atomic mass is 35.5. The lowest BCUT2D eigenvalue weighted by Crippen LogP contribution is -2.30. The van der Waals surface area contributed by atoms with Gasteiger partial charge in [-0.1, -0.05) is 11.6 Å². The Bertz CT molecular complexity index is 792. The van der Waals surface area contributed by atoms with E-state index in [1.54, 1.807) is 12.1 Å². The fourth-order valence-electron chi connectivity index (χ4n) is 1.90. The van der Waals surface area contributed by atoms with Crippen LogP contribution < -0.4 is 15.4 Å². The second-order valence-corrected chi connectivity index (χ2v) is 5.26. The van der Waals surface area contributed by atoms with Crippen LogP contribution in [0.2, 0.25) is 5.02 Å². The van der Waals surface area contributed by atoms with Crippen molar-refractivity contribution in [2.75, 3.05) is 17.7 Å². The summed E-state index contributed by atoms with van der Waals surface area (Å²) < 4.78 is 43.9. The fraction of sp³-hybridized carbons (Fsp3) is 0.125. The monoisotopic (exact) mass is 372 g/mol. The van der Waals surface area contributed by atoms with Crippen molar-refractivity contribution >= 4 is 34.8 Å². The molecule has 0 fully saturated rings. The third-order valence-corrected chi connectivity index (χ3v) is 3.32. The van der Waals surface area contributed by atoms with E-state index in [-0.39, 0.29) is 10.7 Å². The highest BCUT2D eigenvalue weighted by Crippen LogP contribution is 2.36. The summed E-state index contributed by atoms with van der Waals surface area (Å²) in [6.45, 7) is 0. The molecule has 0 spiro atoms. The van der Waals surface area contributed by atoms with Crippen LogP contribution in [-0.4, -0.2) is 18.9 Å². The molecule has 5 nitrogen and oxygen atoms in total. The molecule has 0 aliphatic rings. The highest BCUT2D eigenvalue weighted by Gasteiger charge is 2.34. The van der Waals surface area contributed by atoms with Crippen molar-refractivity contribution in [3.05, 3.63) is 53.1 Å². The molecule has 0 bridgehead atoms. The van der Waals surface area contributed by atoms with Gasteiger partial charge in [-0.25, -0.2) is 0 Å². The van der Waals surface area contributed by atoms with Crippen LogP contribution in [0.5, 0.6) is 5.75 Å². The predicted molar refractivity (Wildman–Crippen MR) is 86.7 cm³/mol. The lowest BCUT2D eigenvalue weighted by Gasteiger charge is -2.14. The van der Waals surface area contributed by atoms with Crippen LogP contribution in [0.4, 0.5) is 24.5 Å². The minimum Gasteiger partial charge on any atom is -0.497 e. The second kappa shape index (κ2) is 7.43. The van der Waals surface area contributed by atoms with Gasteiger partial charge in [0.2, 0.25) is 0 Å². The number of hydrogen-bond donors (Lipinski definition) is 2. The van der Waals surface area contributed by atoms with Gasteiger partial charge >= 0.3 is 18.0 Å². The first-order chi connectivity index (χ1) is 11.7. The third kappa shape index (κ3) is 4.87. The number of carbonyl (C=O) groups is 2. The zero-order valence-corrected chi connectivity index (χ0v) is 13.5. The van der Waals surface area contributed by atoms with Crippen molar-refractivity contribution < 1.29 is 27.5 Å². The van der Waals surface area contributed by atoms with Gasteiger partial charge in [0.25, 0.3) is 0 Å². The molecule has 25 heavy (non-hydrogen) atoms. The average Bonchev–Trinajstić information content (AvgIpc) is 2.56. The van der Waals surface area contributed by atoms with Gasteiger partial charge in [0.05, 0.1) is 18.4 Å². The van der Waals surface area contributed by atoms with Gasteiger partial charge in [0, 0.05) is 10.7 Å². The summed E-state index contributed by atoms with van der Waals surface area (Å²) in [5.74, 6) is -1.82. The molecular weight excluding hydrogens is 361 g/mol. The molecule has 0 radical (unpaired) electrons. The van der Waals surface area contributed by atoms with Crippen molar-refractivity contribution in [2.24, 2.45) is 0 Å². The number of halogens is 4. The molecule has 132 valence electrons. The number of hydrogen-bond acceptors (Lipinski definition) is 3. The third-order valence-electron chi connectivity index (χ3n) is 3.09. The molecule has 2 rings (SSSR count). The molecule has 0 heterocycles. The van der Waals surface area contributed by atoms with E-state index >= 15 is 0 Å². The molecular formula is C16H12ClF3N2O3. The van der Waals surface area contributed by atoms with Gasteiger partial charge in [0.15, 0.2) is 0 Å². The molecule has 0 aliphatic heterocycles. The Morgan fingerprint density at radius 2 is 1.60 bits per heavy atom. The molecule has 2 amide bonds. The summed E-state index contributed by atoms with van der Waals surface area (Å²) in [5, 5.41) is 4.06. The van der Waals surface area contributed by atoms with Crippen LogP contribution in [0.1, 0.15) is 5.56 Å². The molecule has 0 aliphatic carbocycles. The summed E-state index contributed by atoms with van der Waals surface area (Å²) in [7, 11) is 1.46. The summed E-state index contributed by atoms with van der Waals surface area (Å²) in [6, 6.07) is 8.87. The van der Waals surface area contributed by atoms with Gasteiger partial charge in [-0.3, -0.25) is 9.59 Å². The summed E-state index contributed by atoms with van der Waals surface area (Å²) >= 11 is 5.55. The standard InChI is InChI=1S/C16H12ClF3N2O3/c1-25-11-5-3-10(4-6-11)21-14(23)15(24)22-13-7-2-9(17)8-12(13)16(18,19)20/h2-8H,1H3,(H,21,23)(H,22,24). The smallest absolute Gasteiger partial charge is 0.418 e. The first kappa shape index (κ1) is 18.6. The number of rotatable bonds is 3. The maximum Gasteiger partial charge on any atom is 0.418 e. The van der Waals surface area contributed by atoms with Crippen LogP contribution in [0.3, 0.4) is 0 Å². The van der Waals surface area contributed by atoms with Crippen molar-refractivity contribution in [1.29, 1.82) is 0 Å². The van der Waals surface area contributed by atoms with Crippen LogP contribution in [0.25, 0.3) is 0 Å². The molecule has 0 aromatic heterocycles. The molecule has 9 heteroatoms. The number of ether oxygens (including phenoxy) is 1. The second-order valence-electron chi connectivity index (χ2n) is 4.82. The van der Waals surface area contributed by atoms with E-state index in [2.05, 4.69) is 5.32 Å². The molecule has 2 aromatic carbocycles. The Morgan fingerprint density at radius 3 is 2.16 bits per heavy atom. The Kier molecular flexibility index (Phi) is 5.53. The van der Waals surface area contributed by atoms with Crippen LogP contribution >= 0.6 is 11.6 Å². The lowest BCUT2D eigenvalue weighted by molar-refractivity contribution is -0.137. The number of amides is 2. The van der Waals surface area contributed by atoms with Crippen molar-refractivity contribution in [3.8, 4) is 5.75 Å². The van der Waals surface area contributed by atoms with Crippen molar-refractivity contribution in [1.82, 2.24) is 0 Å². The number of anilines is 2. The fourth-order valence-corrected chi connectivity index (χ4v) is 2.07. The summed E-state index contributed by atoms with van der Waals surface area (Å²) in [4.78, 5) is 23.7. The molecule has 0 atom stereocenters. The van der Waals surface area contributed by atoms with Crippen LogP contribution in [0, 0.1) is 0 Å². The number of alkyl halides is 3. The number of benzene rings is 2. The Balaban J connectivity index is 2.12. The zero-order valence-electron chi connectivity index (χ0n) is 12.8. The van der Waals surface area contributed by atoms with E-state index in [0.717, 1.165) is 6.07 Å². The first-order valence-corrected chi connectivity index (χ1v) is 7.21. The largest absolute Gasteiger partial charge is 0.497 e. The average molecular weight is 373 g/mol. The summed E-state index contributed by atoms with van der Waals surface area (Å²) in [6.07, 6.45) is -4.74. The Morgan fingerprint density at radius 1 is 1.00 bits per heavy atom. The van der Waals surface area contributed by atoms with Gasteiger partial charge in [-0.15, -0.1) is 0 Å². The highest BCUT2D eigenvalue weighted by molar-refractivity contribution is 6.43. The topological polar surface area (TPSA) is 67.4 Å². The molecule has 0 saturated carbocycles. The Hall–Kier alpha value is -2.74. The summed E-state index contributed by atoms with van der Waals surface area (Å²) in [5.41, 5.74) is -1.43. The van der Waals surface area contributed by atoms with E-state index in [4.69, 9.17) is 16.3 Å². The van der Waals surface area contributed by atoms with Crippen molar-refractivity contribution in [2.45, 2.75) is 6.18 Å². The van der Waals surface area contributed by atoms with Gasteiger partial charge in [0.1, 0.15) is 5.75 Å². The predicted octanol–water partition coefficient (Wildman–Crippen LogP) is 3.94. The van der Waals surface area contributed by atoms with Gasteiger partial charge in [-0.2, -0.15) is 13.2 Å². The molecule has 2 aromatic rings. The maximum atomic E-state index is 13.0. The number of carbonyl (C=O) groups excluding carboxylic acids is 2. The minimum atomic E-state index is -4.74. The lowest BCUT2D eigenvalue weighted by atomic mass is 10.1. The maximum absolute atomic E-state index is 13.0. The van der Waals surface area contributed by atoms with E-state index in [0.29, 0.717) is 11.8 Å².